The van der Waals surface area contributed by atoms with E-state index in [0.717, 1.165) is 0 Å². The summed E-state index contributed by atoms with van der Waals surface area (Å²) in [6.07, 6.45) is 0. The van der Waals surface area contributed by atoms with Crippen molar-refractivity contribution in [3.05, 3.63) is 98.5 Å². The first-order chi connectivity index (χ1) is 15.8. The number of nitrogens with zero attached hydrogens (tertiary/aromatic N) is 1. The maximum atomic E-state index is 12.8. The number of ether oxygens (including phenoxy) is 1. The lowest BCUT2D eigenvalue weighted by Gasteiger charge is -2.27. The molecule has 0 aliphatic rings. The Balaban J connectivity index is 1.93. The Kier molecular flexibility index (Phi) is 8.69. The van der Waals surface area contributed by atoms with E-state index < -0.39 is 11.9 Å². The number of halogens is 3. The molecule has 170 valence electrons. The van der Waals surface area contributed by atoms with Gasteiger partial charge in [-0.15, -0.1) is 0 Å². The number of esters is 1. The number of nitrogens with one attached hydrogen (secondary N) is 1. The van der Waals surface area contributed by atoms with Crippen molar-refractivity contribution in [1.29, 1.82) is 0 Å². The molecule has 0 saturated carbocycles. The summed E-state index contributed by atoms with van der Waals surface area (Å²) in [6, 6.07) is 18.5. The van der Waals surface area contributed by atoms with Crippen molar-refractivity contribution in [1.82, 2.24) is 5.32 Å². The van der Waals surface area contributed by atoms with Crippen molar-refractivity contribution >= 4 is 69.7 Å². The van der Waals surface area contributed by atoms with E-state index in [2.05, 4.69) is 5.32 Å². The molecule has 1 amide bonds. The third-order valence-electron chi connectivity index (χ3n) is 4.65. The van der Waals surface area contributed by atoms with Crippen LogP contribution in [0.25, 0.3) is 0 Å². The fraction of sp³-hybridized carbons (Fsp3) is 0.125. The minimum absolute atomic E-state index is 0.111. The van der Waals surface area contributed by atoms with Crippen LogP contribution in [-0.2, 0) is 11.3 Å². The number of thiocarbonyl (C=S) groups is 1. The van der Waals surface area contributed by atoms with Crippen LogP contribution in [0.2, 0.25) is 15.1 Å². The van der Waals surface area contributed by atoms with E-state index in [0.29, 0.717) is 31.9 Å². The van der Waals surface area contributed by atoms with Crippen LogP contribution in [0.4, 0.5) is 5.69 Å². The van der Waals surface area contributed by atoms with Gasteiger partial charge in [0.25, 0.3) is 5.91 Å². The number of carbonyl (C=O) groups excluding carboxylic acids is 2. The van der Waals surface area contributed by atoms with Crippen LogP contribution < -0.4 is 10.2 Å². The zero-order valence-electron chi connectivity index (χ0n) is 17.5. The van der Waals surface area contributed by atoms with Crippen LogP contribution in [0.1, 0.15) is 33.2 Å². The third kappa shape index (κ3) is 6.24. The third-order valence-corrected chi connectivity index (χ3v) is 6.01. The monoisotopic (exact) mass is 520 g/mol. The first-order valence-corrected chi connectivity index (χ1v) is 11.4. The second-order valence-corrected chi connectivity index (χ2v) is 8.40. The standard InChI is InChI=1S/C24H19Cl3N2O3S/c1-2-32-23(31)15-10-12-16(13-11-15)29(14-18-20(26)8-5-9-21(18)27)24(33)28-22(30)17-6-3-4-7-19(17)25/h3-13H,2,14H2,1H3,(H,28,30,33). The van der Waals surface area contributed by atoms with Gasteiger partial charge in [-0.25, -0.2) is 4.79 Å². The summed E-state index contributed by atoms with van der Waals surface area (Å²) in [7, 11) is 0. The minimum atomic E-state index is -0.455. The first kappa shape index (κ1) is 25.0. The van der Waals surface area contributed by atoms with Crippen molar-refractivity contribution in [2.45, 2.75) is 13.5 Å². The highest BCUT2D eigenvalue weighted by Gasteiger charge is 2.20. The lowest BCUT2D eigenvalue weighted by molar-refractivity contribution is 0.0526. The van der Waals surface area contributed by atoms with Gasteiger partial charge in [0.15, 0.2) is 5.11 Å². The first-order valence-electron chi connectivity index (χ1n) is 9.89. The van der Waals surface area contributed by atoms with Crippen LogP contribution in [0, 0.1) is 0 Å². The fourth-order valence-corrected chi connectivity index (χ4v) is 3.99. The van der Waals surface area contributed by atoms with Gasteiger partial charge in [0.1, 0.15) is 0 Å². The number of hydrogen-bond acceptors (Lipinski definition) is 4. The van der Waals surface area contributed by atoms with E-state index in [1.165, 1.54) is 0 Å². The van der Waals surface area contributed by atoms with E-state index in [4.69, 9.17) is 51.8 Å². The molecule has 5 nitrogen and oxygen atoms in total. The fourth-order valence-electron chi connectivity index (χ4n) is 2.99. The number of carbonyl (C=O) groups is 2. The molecule has 0 radical (unpaired) electrons. The van der Waals surface area contributed by atoms with E-state index in [-0.39, 0.29) is 23.8 Å². The van der Waals surface area contributed by atoms with Crippen molar-refractivity contribution in [3.63, 3.8) is 0 Å². The van der Waals surface area contributed by atoms with E-state index >= 15 is 0 Å². The van der Waals surface area contributed by atoms with Gasteiger partial charge in [0.05, 0.1) is 29.3 Å². The van der Waals surface area contributed by atoms with Crippen molar-refractivity contribution in [2.24, 2.45) is 0 Å². The number of amides is 1. The van der Waals surface area contributed by atoms with Gasteiger partial charge in [-0.1, -0.05) is 53.0 Å². The zero-order chi connectivity index (χ0) is 24.0. The highest BCUT2D eigenvalue weighted by molar-refractivity contribution is 7.80. The Labute approximate surface area is 212 Å². The largest absolute Gasteiger partial charge is 0.462 e. The second kappa shape index (κ2) is 11.5. The number of rotatable bonds is 6. The number of benzene rings is 3. The molecule has 0 fully saturated rings. The molecule has 1 N–H and O–H groups in total. The van der Waals surface area contributed by atoms with Crippen LogP contribution in [0.5, 0.6) is 0 Å². The highest BCUT2D eigenvalue weighted by atomic mass is 35.5. The maximum Gasteiger partial charge on any atom is 0.338 e. The van der Waals surface area contributed by atoms with Crippen molar-refractivity contribution in [3.8, 4) is 0 Å². The topological polar surface area (TPSA) is 58.6 Å². The molecule has 0 heterocycles. The quantitative estimate of drug-likeness (QED) is 0.295. The predicted octanol–water partition coefficient (Wildman–Crippen LogP) is 6.55. The summed E-state index contributed by atoms with van der Waals surface area (Å²) in [4.78, 5) is 26.5. The van der Waals surface area contributed by atoms with E-state index in [1.807, 2.05) is 0 Å². The van der Waals surface area contributed by atoms with Gasteiger partial charge in [0, 0.05) is 21.3 Å². The molecule has 0 spiro atoms. The Morgan fingerprint density at radius 1 is 0.909 bits per heavy atom. The SMILES string of the molecule is CCOC(=O)c1ccc(N(Cc2c(Cl)cccc2Cl)C(=S)NC(=O)c2ccccc2Cl)cc1. The highest BCUT2D eigenvalue weighted by Crippen LogP contribution is 2.28. The molecular weight excluding hydrogens is 503 g/mol. The molecule has 3 aromatic rings. The van der Waals surface area contributed by atoms with Crippen LogP contribution in [-0.4, -0.2) is 23.6 Å². The molecule has 3 rings (SSSR count). The van der Waals surface area contributed by atoms with Crippen LogP contribution >= 0.6 is 47.0 Å². The van der Waals surface area contributed by atoms with Gasteiger partial charge >= 0.3 is 5.97 Å². The summed E-state index contributed by atoms with van der Waals surface area (Å²) < 4.78 is 5.03. The van der Waals surface area contributed by atoms with Gasteiger partial charge in [-0.05, 0) is 67.7 Å². The lowest BCUT2D eigenvalue weighted by atomic mass is 10.1. The normalized spacial score (nSPS) is 10.4. The molecule has 0 aromatic heterocycles. The molecule has 9 heteroatoms. The molecule has 0 saturated heterocycles. The molecular formula is C24H19Cl3N2O3S. The van der Waals surface area contributed by atoms with E-state index in [1.54, 1.807) is 78.6 Å². The molecule has 0 aliphatic heterocycles. The molecule has 0 aliphatic carbocycles. The van der Waals surface area contributed by atoms with Crippen LogP contribution in [0.15, 0.2) is 66.7 Å². The summed E-state index contributed by atoms with van der Waals surface area (Å²) >= 11 is 24.4. The average Bonchev–Trinajstić information content (AvgIpc) is 2.79. The smallest absolute Gasteiger partial charge is 0.338 e. The zero-order valence-corrected chi connectivity index (χ0v) is 20.6. The van der Waals surface area contributed by atoms with Crippen molar-refractivity contribution < 1.29 is 14.3 Å². The molecule has 0 bridgehead atoms. The summed E-state index contributed by atoms with van der Waals surface area (Å²) in [6.45, 7) is 2.19. The van der Waals surface area contributed by atoms with Gasteiger partial charge in [-0.3, -0.25) is 10.1 Å². The summed E-state index contributed by atoms with van der Waals surface area (Å²) in [5, 5.41) is 4.03. The Morgan fingerprint density at radius 3 is 2.12 bits per heavy atom. The molecule has 3 aromatic carbocycles. The van der Waals surface area contributed by atoms with Gasteiger partial charge < -0.3 is 9.64 Å². The molecule has 0 unspecified atom stereocenters. The van der Waals surface area contributed by atoms with Crippen LogP contribution in [0.3, 0.4) is 0 Å². The number of anilines is 1. The molecule has 33 heavy (non-hydrogen) atoms. The van der Waals surface area contributed by atoms with E-state index in [9.17, 15) is 9.59 Å². The second-order valence-electron chi connectivity index (χ2n) is 6.79. The predicted molar refractivity (Wildman–Crippen MR) is 137 cm³/mol. The molecule has 0 atom stereocenters. The average molecular weight is 522 g/mol. The minimum Gasteiger partial charge on any atom is -0.462 e. The maximum absolute atomic E-state index is 12.8. The lowest BCUT2D eigenvalue weighted by Crippen LogP contribution is -2.42. The van der Waals surface area contributed by atoms with Gasteiger partial charge in [0.2, 0.25) is 0 Å². The number of hydrogen-bond donors (Lipinski definition) is 1. The van der Waals surface area contributed by atoms with Gasteiger partial charge in [-0.2, -0.15) is 0 Å². The summed E-state index contributed by atoms with van der Waals surface area (Å²) in [5.74, 6) is -0.886. The Bertz CT molecular complexity index is 1170. The Morgan fingerprint density at radius 2 is 1.52 bits per heavy atom. The summed E-state index contributed by atoms with van der Waals surface area (Å²) in [5.41, 5.74) is 1.92. The van der Waals surface area contributed by atoms with Crippen molar-refractivity contribution in [2.75, 3.05) is 11.5 Å². The Hall–Kier alpha value is -2.64.